The maximum absolute atomic E-state index is 12.7. The van der Waals surface area contributed by atoms with Crippen LogP contribution in [-0.4, -0.2) is 51.4 Å². The standard InChI is InChI=1S/C24H29BrN4O/c1-17(2)27(3)24(30)18-12-14-28(15-13-18)16-23-26-21-6-4-5-7-22(21)29(23)20-10-8-19(25)9-11-20/h4-11,17-18H,12-16H2,1-3H3. The van der Waals surface area contributed by atoms with Crippen LogP contribution in [0.25, 0.3) is 16.7 Å². The summed E-state index contributed by atoms with van der Waals surface area (Å²) in [6, 6.07) is 16.9. The van der Waals surface area contributed by atoms with Crippen molar-refractivity contribution < 1.29 is 4.79 Å². The molecule has 2 heterocycles. The Morgan fingerprint density at radius 2 is 1.80 bits per heavy atom. The van der Waals surface area contributed by atoms with Crippen LogP contribution in [0.15, 0.2) is 53.0 Å². The van der Waals surface area contributed by atoms with Gasteiger partial charge in [-0.1, -0.05) is 28.1 Å². The Hall–Kier alpha value is -2.18. The smallest absolute Gasteiger partial charge is 0.225 e. The van der Waals surface area contributed by atoms with Crippen LogP contribution in [0.2, 0.25) is 0 Å². The van der Waals surface area contributed by atoms with E-state index in [1.807, 2.05) is 18.0 Å². The molecule has 1 aromatic heterocycles. The van der Waals surface area contributed by atoms with Crippen LogP contribution in [0.1, 0.15) is 32.5 Å². The fourth-order valence-electron chi connectivity index (χ4n) is 4.14. The van der Waals surface area contributed by atoms with Gasteiger partial charge in [0.25, 0.3) is 0 Å². The number of piperidine rings is 1. The fraction of sp³-hybridized carbons (Fsp3) is 0.417. The molecule has 1 saturated heterocycles. The lowest BCUT2D eigenvalue weighted by molar-refractivity contribution is -0.137. The lowest BCUT2D eigenvalue weighted by Crippen LogP contribution is -2.43. The highest BCUT2D eigenvalue weighted by Gasteiger charge is 2.28. The fourth-order valence-corrected chi connectivity index (χ4v) is 4.41. The predicted octanol–water partition coefficient (Wildman–Crippen LogP) is 4.87. The highest BCUT2D eigenvalue weighted by atomic mass is 79.9. The molecule has 1 aliphatic rings. The average Bonchev–Trinajstić information content (AvgIpc) is 3.11. The monoisotopic (exact) mass is 468 g/mol. The zero-order chi connectivity index (χ0) is 21.3. The Morgan fingerprint density at radius 1 is 1.13 bits per heavy atom. The molecule has 6 heteroatoms. The van der Waals surface area contributed by atoms with Crippen LogP contribution in [-0.2, 0) is 11.3 Å². The summed E-state index contributed by atoms with van der Waals surface area (Å²) in [5.74, 6) is 1.47. The van der Waals surface area contributed by atoms with Gasteiger partial charge >= 0.3 is 0 Å². The van der Waals surface area contributed by atoms with E-state index in [1.54, 1.807) is 0 Å². The van der Waals surface area contributed by atoms with Gasteiger partial charge in [0, 0.05) is 29.2 Å². The summed E-state index contributed by atoms with van der Waals surface area (Å²) in [5, 5.41) is 0. The molecule has 0 atom stereocenters. The van der Waals surface area contributed by atoms with Crippen LogP contribution in [0, 0.1) is 5.92 Å². The molecule has 1 aliphatic heterocycles. The molecule has 158 valence electrons. The van der Waals surface area contributed by atoms with Gasteiger partial charge in [-0.15, -0.1) is 0 Å². The van der Waals surface area contributed by atoms with E-state index >= 15 is 0 Å². The van der Waals surface area contributed by atoms with Crippen molar-refractivity contribution in [3.8, 4) is 5.69 Å². The van der Waals surface area contributed by atoms with Crippen LogP contribution in [0.4, 0.5) is 0 Å². The number of carbonyl (C=O) groups excluding carboxylic acids is 1. The van der Waals surface area contributed by atoms with Crippen molar-refractivity contribution in [2.75, 3.05) is 20.1 Å². The summed E-state index contributed by atoms with van der Waals surface area (Å²) in [6.45, 7) is 6.77. The number of rotatable bonds is 5. The zero-order valence-electron chi connectivity index (χ0n) is 17.9. The summed E-state index contributed by atoms with van der Waals surface area (Å²) in [7, 11) is 1.92. The molecule has 0 aliphatic carbocycles. The van der Waals surface area contributed by atoms with E-state index in [4.69, 9.17) is 4.98 Å². The van der Waals surface area contributed by atoms with Crippen LogP contribution < -0.4 is 0 Å². The molecule has 0 N–H and O–H groups in total. The van der Waals surface area contributed by atoms with Crippen molar-refractivity contribution in [1.29, 1.82) is 0 Å². The number of imidazole rings is 1. The molecule has 1 fully saturated rings. The third-order valence-corrected chi connectivity index (χ3v) is 6.67. The highest BCUT2D eigenvalue weighted by molar-refractivity contribution is 9.10. The van der Waals surface area contributed by atoms with E-state index < -0.39 is 0 Å². The molecule has 3 aromatic rings. The van der Waals surface area contributed by atoms with Crippen molar-refractivity contribution in [3.05, 3.63) is 58.8 Å². The van der Waals surface area contributed by atoms with Crippen LogP contribution >= 0.6 is 15.9 Å². The third-order valence-electron chi connectivity index (χ3n) is 6.14. The molecule has 2 aromatic carbocycles. The Labute approximate surface area is 186 Å². The lowest BCUT2D eigenvalue weighted by atomic mass is 9.95. The van der Waals surface area contributed by atoms with Gasteiger partial charge in [-0.3, -0.25) is 14.3 Å². The molecule has 4 rings (SSSR count). The molecule has 0 saturated carbocycles. The Kier molecular flexibility index (Phi) is 6.25. The number of aromatic nitrogens is 2. The highest BCUT2D eigenvalue weighted by Crippen LogP contribution is 2.26. The molecule has 1 amide bonds. The van der Waals surface area contributed by atoms with Crippen molar-refractivity contribution >= 4 is 32.9 Å². The SMILES string of the molecule is CC(C)N(C)C(=O)C1CCN(Cc2nc3ccccc3n2-c2ccc(Br)cc2)CC1. The van der Waals surface area contributed by atoms with Crippen molar-refractivity contribution in [3.63, 3.8) is 0 Å². The van der Waals surface area contributed by atoms with Gasteiger partial charge in [0.15, 0.2) is 0 Å². The number of fused-ring (bicyclic) bond motifs is 1. The normalized spacial score (nSPS) is 15.8. The minimum Gasteiger partial charge on any atom is -0.343 e. The first-order valence-corrected chi connectivity index (χ1v) is 11.4. The first-order chi connectivity index (χ1) is 14.4. The second-order valence-corrected chi connectivity index (χ2v) is 9.34. The van der Waals surface area contributed by atoms with E-state index in [-0.39, 0.29) is 17.9 Å². The van der Waals surface area contributed by atoms with E-state index in [2.05, 4.69) is 81.7 Å². The molecule has 5 nitrogen and oxygen atoms in total. The minimum absolute atomic E-state index is 0.138. The number of para-hydroxylation sites is 2. The minimum atomic E-state index is 0.138. The van der Waals surface area contributed by atoms with Crippen molar-refractivity contribution in [2.24, 2.45) is 5.92 Å². The van der Waals surface area contributed by atoms with E-state index in [0.717, 1.165) is 59.5 Å². The van der Waals surface area contributed by atoms with Gasteiger partial charge in [-0.2, -0.15) is 0 Å². The van der Waals surface area contributed by atoms with Crippen LogP contribution in [0.3, 0.4) is 0 Å². The second kappa shape index (κ2) is 8.90. The Morgan fingerprint density at radius 3 is 2.47 bits per heavy atom. The molecule has 0 unspecified atom stereocenters. The van der Waals surface area contributed by atoms with Gasteiger partial charge in [0.1, 0.15) is 5.82 Å². The van der Waals surface area contributed by atoms with E-state index in [1.165, 1.54) is 0 Å². The number of likely N-dealkylation sites (tertiary alicyclic amines) is 1. The van der Waals surface area contributed by atoms with Crippen LogP contribution in [0.5, 0.6) is 0 Å². The molecule has 0 radical (unpaired) electrons. The largest absolute Gasteiger partial charge is 0.343 e. The van der Waals surface area contributed by atoms with Gasteiger partial charge in [0.05, 0.1) is 17.6 Å². The quantitative estimate of drug-likeness (QED) is 0.536. The summed E-state index contributed by atoms with van der Waals surface area (Å²) < 4.78 is 3.32. The summed E-state index contributed by atoms with van der Waals surface area (Å²) in [5.41, 5.74) is 3.25. The Balaban J connectivity index is 1.53. The Bertz CT molecular complexity index is 1020. The molecule has 30 heavy (non-hydrogen) atoms. The third kappa shape index (κ3) is 4.30. The maximum atomic E-state index is 12.7. The predicted molar refractivity (Wildman–Crippen MR) is 125 cm³/mol. The lowest BCUT2D eigenvalue weighted by Gasteiger charge is -2.34. The summed E-state index contributed by atoms with van der Waals surface area (Å²) >= 11 is 3.53. The first kappa shape index (κ1) is 21.1. The van der Waals surface area contributed by atoms with Gasteiger partial charge < -0.3 is 4.90 Å². The van der Waals surface area contributed by atoms with Crippen molar-refractivity contribution in [1.82, 2.24) is 19.4 Å². The maximum Gasteiger partial charge on any atom is 0.225 e. The number of nitrogens with zero attached hydrogens (tertiary/aromatic N) is 4. The average molecular weight is 469 g/mol. The zero-order valence-corrected chi connectivity index (χ0v) is 19.5. The van der Waals surface area contributed by atoms with E-state index in [9.17, 15) is 4.79 Å². The summed E-state index contributed by atoms with van der Waals surface area (Å²) in [4.78, 5) is 21.9. The number of carbonyl (C=O) groups is 1. The topological polar surface area (TPSA) is 41.4 Å². The second-order valence-electron chi connectivity index (χ2n) is 8.42. The van der Waals surface area contributed by atoms with Gasteiger partial charge in [-0.25, -0.2) is 4.98 Å². The number of benzene rings is 2. The van der Waals surface area contributed by atoms with Gasteiger partial charge in [0.2, 0.25) is 5.91 Å². The first-order valence-electron chi connectivity index (χ1n) is 10.7. The number of hydrogen-bond acceptors (Lipinski definition) is 3. The molecular formula is C24H29BrN4O. The molecule has 0 bridgehead atoms. The van der Waals surface area contributed by atoms with Crippen molar-refractivity contribution in [2.45, 2.75) is 39.3 Å². The molecule has 0 spiro atoms. The number of halogens is 1. The number of hydrogen-bond donors (Lipinski definition) is 0. The number of amides is 1. The molecular weight excluding hydrogens is 440 g/mol. The summed E-state index contributed by atoms with van der Waals surface area (Å²) in [6.07, 6.45) is 1.82. The van der Waals surface area contributed by atoms with E-state index in [0.29, 0.717) is 0 Å². The van der Waals surface area contributed by atoms with Gasteiger partial charge in [-0.05, 0) is 76.2 Å².